The summed E-state index contributed by atoms with van der Waals surface area (Å²) in [6.07, 6.45) is 1.16. The molecule has 2 aromatic heterocycles. The van der Waals surface area contributed by atoms with E-state index in [1.807, 2.05) is 31.2 Å². The molecule has 3 heterocycles. The van der Waals surface area contributed by atoms with Crippen LogP contribution < -0.4 is 10.5 Å². The summed E-state index contributed by atoms with van der Waals surface area (Å²) in [5.74, 6) is 0.399. The lowest BCUT2D eigenvalue weighted by atomic mass is 9.68. The number of rotatable bonds is 2. The van der Waals surface area contributed by atoms with Crippen LogP contribution in [-0.4, -0.2) is 21.0 Å². The van der Waals surface area contributed by atoms with Crippen LogP contribution in [-0.2, 0) is 4.79 Å². The number of ketones is 1. The van der Waals surface area contributed by atoms with Crippen LogP contribution in [0.5, 0.6) is 0 Å². The van der Waals surface area contributed by atoms with Crippen LogP contribution in [0.25, 0.3) is 10.9 Å². The van der Waals surface area contributed by atoms with E-state index in [9.17, 15) is 9.59 Å². The Kier molecular flexibility index (Phi) is 4.65. The molecule has 0 amide bonds. The third kappa shape index (κ3) is 3.35. The topological polar surface area (TPSA) is 81.9 Å². The summed E-state index contributed by atoms with van der Waals surface area (Å²) < 4.78 is 0. The van der Waals surface area contributed by atoms with Gasteiger partial charge in [0, 0.05) is 40.0 Å². The molecule has 0 saturated carbocycles. The molecule has 6 nitrogen and oxygen atoms in total. The number of aryl methyl sites for hydroxylation is 2. The third-order valence-electron chi connectivity index (χ3n) is 7.30. The molecule has 35 heavy (non-hydrogen) atoms. The van der Waals surface area contributed by atoms with Crippen molar-refractivity contribution < 1.29 is 4.79 Å². The number of nitrogens with zero attached hydrogens (tertiary/aromatic N) is 2. The number of allylic oxidation sites excluding steroid dienone is 2. The number of Topliss-reactive ketones (excluding diaryl/α,β-unsaturated/α-hetero) is 1. The van der Waals surface area contributed by atoms with Gasteiger partial charge in [0.1, 0.15) is 5.82 Å². The first-order valence-corrected chi connectivity index (χ1v) is 12.0. The lowest BCUT2D eigenvalue weighted by Crippen LogP contribution is -2.39. The first-order valence-electron chi connectivity index (χ1n) is 12.0. The summed E-state index contributed by atoms with van der Waals surface area (Å²) >= 11 is 0. The van der Waals surface area contributed by atoms with Gasteiger partial charge in [-0.1, -0.05) is 49.7 Å². The van der Waals surface area contributed by atoms with Crippen LogP contribution >= 0.6 is 0 Å². The number of benzene rings is 2. The van der Waals surface area contributed by atoms with Crippen LogP contribution in [0.1, 0.15) is 55.0 Å². The second-order valence-electron chi connectivity index (χ2n) is 10.6. The van der Waals surface area contributed by atoms with Crippen LogP contribution in [0, 0.1) is 19.3 Å². The molecule has 0 saturated heterocycles. The minimum atomic E-state index is -0.475. The summed E-state index contributed by atoms with van der Waals surface area (Å²) in [7, 11) is 0. The summed E-state index contributed by atoms with van der Waals surface area (Å²) in [5, 5.41) is 6.69. The number of aromatic amines is 2. The molecule has 0 bridgehead atoms. The highest BCUT2D eigenvalue weighted by Gasteiger charge is 2.45. The van der Waals surface area contributed by atoms with Gasteiger partial charge < -0.3 is 5.10 Å². The number of anilines is 2. The van der Waals surface area contributed by atoms with Gasteiger partial charge in [-0.15, -0.1) is 0 Å². The number of para-hydroxylation sites is 1. The number of hydrogen-bond acceptors (Lipinski definition) is 4. The molecule has 0 fully saturated rings. The maximum Gasteiger partial charge on any atom is 0.268 e. The first-order chi connectivity index (χ1) is 16.7. The highest BCUT2D eigenvalue weighted by molar-refractivity contribution is 6.03. The Morgan fingerprint density at radius 2 is 1.71 bits per heavy atom. The van der Waals surface area contributed by atoms with Crippen molar-refractivity contribution in [2.45, 2.75) is 46.5 Å². The van der Waals surface area contributed by atoms with Gasteiger partial charge in [0.2, 0.25) is 0 Å². The van der Waals surface area contributed by atoms with Gasteiger partial charge in [-0.2, -0.15) is 0 Å². The van der Waals surface area contributed by atoms with Crippen molar-refractivity contribution in [3.8, 4) is 0 Å². The van der Waals surface area contributed by atoms with Crippen LogP contribution in [0.4, 0.5) is 11.5 Å². The van der Waals surface area contributed by atoms with E-state index in [-0.39, 0.29) is 16.8 Å². The lowest BCUT2D eigenvalue weighted by Gasteiger charge is -2.44. The van der Waals surface area contributed by atoms with Gasteiger partial charge in [-0.3, -0.25) is 19.6 Å². The second-order valence-corrected chi connectivity index (χ2v) is 10.6. The van der Waals surface area contributed by atoms with Crippen molar-refractivity contribution in [3.05, 3.63) is 98.6 Å². The van der Waals surface area contributed by atoms with Gasteiger partial charge in [0.25, 0.3) is 5.56 Å². The van der Waals surface area contributed by atoms with E-state index in [1.54, 1.807) is 0 Å². The van der Waals surface area contributed by atoms with Crippen molar-refractivity contribution in [2.24, 2.45) is 5.41 Å². The number of fused-ring (bicyclic) bond motifs is 2. The van der Waals surface area contributed by atoms with E-state index in [0.29, 0.717) is 24.0 Å². The summed E-state index contributed by atoms with van der Waals surface area (Å²) in [5.41, 5.74) is 6.49. The van der Waals surface area contributed by atoms with Crippen LogP contribution in [0.2, 0.25) is 0 Å². The van der Waals surface area contributed by atoms with Crippen molar-refractivity contribution in [1.82, 2.24) is 15.2 Å². The Balaban J connectivity index is 1.74. The van der Waals surface area contributed by atoms with Gasteiger partial charge in [0.05, 0.1) is 17.0 Å². The predicted octanol–water partition coefficient (Wildman–Crippen LogP) is 5.79. The fourth-order valence-electron chi connectivity index (χ4n) is 5.70. The fraction of sp³-hybridized carbons (Fsp3) is 0.276. The fourth-order valence-corrected chi connectivity index (χ4v) is 5.70. The van der Waals surface area contributed by atoms with E-state index < -0.39 is 5.92 Å². The number of H-pyrrole nitrogens is 2. The van der Waals surface area contributed by atoms with Crippen LogP contribution in [0.15, 0.2) is 70.7 Å². The van der Waals surface area contributed by atoms with Crippen molar-refractivity contribution in [1.29, 1.82) is 0 Å². The van der Waals surface area contributed by atoms with E-state index in [4.69, 9.17) is 4.98 Å². The molecular weight excluding hydrogens is 436 g/mol. The van der Waals surface area contributed by atoms with Crippen molar-refractivity contribution in [3.63, 3.8) is 0 Å². The van der Waals surface area contributed by atoms with Crippen molar-refractivity contribution >= 4 is 28.2 Å². The number of pyridine rings is 1. The van der Waals surface area contributed by atoms with Crippen molar-refractivity contribution in [2.75, 3.05) is 4.90 Å². The highest BCUT2D eigenvalue weighted by atomic mass is 16.1. The van der Waals surface area contributed by atoms with E-state index >= 15 is 0 Å². The second kappa shape index (κ2) is 7.54. The summed E-state index contributed by atoms with van der Waals surface area (Å²) in [6, 6.07) is 18.4. The Morgan fingerprint density at radius 1 is 0.971 bits per heavy atom. The number of carbonyl (C=O) groups excluding carboxylic acids is 1. The van der Waals surface area contributed by atoms with E-state index in [0.717, 1.165) is 39.4 Å². The van der Waals surface area contributed by atoms with E-state index in [2.05, 4.69) is 66.2 Å². The average molecular weight is 465 g/mol. The average Bonchev–Trinajstić information content (AvgIpc) is 3.14. The molecule has 176 valence electrons. The Labute approximate surface area is 203 Å². The minimum Gasteiger partial charge on any atom is -0.302 e. The van der Waals surface area contributed by atoms with Gasteiger partial charge in [-0.05, 0) is 49.9 Å². The zero-order chi connectivity index (χ0) is 24.5. The largest absolute Gasteiger partial charge is 0.302 e. The van der Waals surface area contributed by atoms with Gasteiger partial charge >= 0.3 is 0 Å². The molecule has 0 spiro atoms. The SMILES string of the molecule is Cc1ccc(N2C3=C(C(=O)CC(C)(C)C3)C(c3c(C)[nH][nH]c3=O)c3cc4ccccc4nc32)cc1. The quantitative estimate of drug-likeness (QED) is 0.393. The Morgan fingerprint density at radius 3 is 2.43 bits per heavy atom. The van der Waals surface area contributed by atoms with Gasteiger partial charge in [-0.25, -0.2) is 4.98 Å². The Hall–Kier alpha value is -3.93. The normalized spacial score (nSPS) is 19.1. The maximum absolute atomic E-state index is 13.8. The smallest absolute Gasteiger partial charge is 0.268 e. The number of nitrogens with one attached hydrogen (secondary N) is 2. The molecule has 1 unspecified atom stereocenters. The number of carbonyl (C=O) groups is 1. The number of hydrogen-bond donors (Lipinski definition) is 2. The minimum absolute atomic E-state index is 0.0946. The molecule has 2 aromatic carbocycles. The van der Waals surface area contributed by atoms with E-state index in [1.165, 1.54) is 5.56 Å². The number of aromatic nitrogens is 3. The Bertz CT molecular complexity index is 1590. The highest BCUT2D eigenvalue weighted by Crippen LogP contribution is 2.53. The third-order valence-corrected chi connectivity index (χ3v) is 7.30. The molecule has 1 aliphatic heterocycles. The monoisotopic (exact) mass is 464 g/mol. The molecular formula is C29H28N4O2. The summed E-state index contributed by atoms with van der Waals surface area (Å²) in [6.45, 7) is 8.21. The molecule has 4 aromatic rings. The zero-order valence-electron chi connectivity index (χ0n) is 20.4. The standard InChI is InChI=1S/C29H28N4O2/c1-16-9-11-19(12-10-16)33-22-14-29(3,4)15-23(34)26(22)25(24-17(2)31-32-28(24)35)20-13-18-7-5-6-8-21(18)30-27(20)33/h5-13,25H,14-15H2,1-4H3,(H2,31,32,35). The molecule has 6 rings (SSSR count). The molecule has 1 aliphatic carbocycles. The predicted molar refractivity (Wildman–Crippen MR) is 138 cm³/mol. The molecule has 6 heteroatoms. The lowest BCUT2D eigenvalue weighted by molar-refractivity contribution is -0.118. The molecule has 0 radical (unpaired) electrons. The molecule has 2 N–H and O–H groups in total. The first kappa shape index (κ1) is 21.6. The molecule has 1 atom stereocenters. The van der Waals surface area contributed by atoms with Crippen LogP contribution in [0.3, 0.4) is 0 Å². The van der Waals surface area contributed by atoms with Gasteiger partial charge in [0.15, 0.2) is 5.78 Å². The summed E-state index contributed by atoms with van der Waals surface area (Å²) in [4.78, 5) is 34.2. The zero-order valence-corrected chi connectivity index (χ0v) is 20.4. The molecule has 2 aliphatic rings. The maximum atomic E-state index is 13.8.